The zero-order valence-corrected chi connectivity index (χ0v) is 15.9. The van der Waals surface area contributed by atoms with Gasteiger partial charge in [-0.3, -0.25) is 4.99 Å². The fourth-order valence-electron chi connectivity index (χ4n) is 2.40. The number of anilines is 1. The first-order chi connectivity index (χ1) is 14.3. The zero-order valence-electron chi connectivity index (χ0n) is 15.2. The molecular formula is C17H15ClF4N6O2. The predicted octanol–water partition coefficient (Wildman–Crippen LogP) is 3.28. The van der Waals surface area contributed by atoms with Crippen LogP contribution < -0.4 is 20.2 Å². The van der Waals surface area contributed by atoms with Crippen LogP contribution in [0.15, 0.2) is 40.7 Å². The van der Waals surface area contributed by atoms with Crippen LogP contribution in [0.5, 0.6) is 11.8 Å². The molecule has 0 radical (unpaired) electrons. The second kappa shape index (κ2) is 9.11. The van der Waals surface area contributed by atoms with Gasteiger partial charge in [-0.2, -0.15) is 13.9 Å². The minimum absolute atomic E-state index is 0.00726. The van der Waals surface area contributed by atoms with Crippen molar-refractivity contribution in [2.75, 3.05) is 24.6 Å². The molecule has 0 aliphatic carbocycles. The molecule has 13 heteroatoms. The lowest BCUT2D eigenvalue weighted by molar-refractivity contribution is -0.0497. The number of aliphatic imine (C=N–C) groups is 1. The Hall–Kier alpha value is -3.15. The van der Waals surface area contributed by atoms with Crippen molar-refractivity contribution in [3.8, 4) is 11.8 Å². The fourth-order valence-corrected chi connectivity index (χ4v) is 2.56. The van der Waals surface area contributed by atoms with Gasteiger partial charge in [-0.15, -0.1) is 0 Å². The molecule has 2 heterocycles. The summed E-state index contributed by atoms with van der Waals surface area (Å²) < 4.78 is 60.2. The average molecular weight is 447 g/mol. The molecule has 8 nitrogen and oxygen atoms in total. The Morgan fingerprint density at radius 2 is 2.00 bits per heavy atom. The van der Waals surface area contributed by atoms with Gasteiger partial charge in [0, 0.05) is 6.07 Å². The van der Waals surface area contributed by atoms with E-state index in [0.29, 0.717) is 5.69 Å². The van der Waals surface area contributed by atoms with Gasteiger partial charge in [0.25, 0.3) is 5.92 Å². The topological polar surface area (TPSA) is 98.2 Å². The highest BCUT2D eigenvalue weighted by molar-refractivity contribution is 6.32. The molecule has 0 saturated carbocycles. The number of ether oxygens (including phenoxy) is 2. The van der Waals surface area contributed by atoms with E-state index in [1.807, 2.05) is 0 Å². The number of alkyl halides is 4. The van der Waals surface area contributed by atoms with Crippen LogP contribution in [0.4, 0.5) is 28.9 Å². The highest BCUT2D eigenvalue weighted by Gasteiger charge is 2.44. The van der Waals surface area contributed by atoms with Crippen LogP contribution in [0.3, 0.4) is 0 Å². The van der Waals surface area contributed by atoms with E-state index < -0.39 is 12.5 Å². The Morgan fingerprint density at radius 3 is 2.60 bits per heavy atom. The largest absolute Gasteiger partial charge is 0.457 e. The van der Waals surface area contributed by atoms with E-state index in [-0.39, 0.29) is 47.9 Å². The summed E-state index contributed by atoms with van der Waals surface area (Å²) in [6.07, 6.45) is 3.98. The van der Waals surface area contributed by atoms with Gasteiger partial charge in [0.15, 0.2) is 0 Å². The predicted molar refractivity (Wildman–Crippen MR) is 103 cm³/mol. The number of nitrogens with zero attached hydrogens (tertiary/aromatic N) is 5. The molecule has 1 saturated heterocycles. The molecule has 0 atom stereocenters. The van der Waals surface area contributed by atoms with Gasteiger partial charge in [0.2, 0.25) is 0 Å². The third-order valence-electron chi connectivity index (χ3n) is 3.83. The Bertz CT molecular complexity index is 934. The summed E-state index contributed by atoms with van der Waals surface area (Å²) in [7, 11) is 0. The molecule has 2 aromatic rings. The van der Waals surface area contributed by atoms with E-state index in [2.05, 4.69) is 24.8 Å². The first-order valence-electron chi connectivity index (χ1n) is 8.38. The Balaban J connectivity index is 1.56. The molecule has 1 aromatic heterocycles. The second-order valence-corrected chi connectivity index (χ2v) is 6.50. The number of halogens is 5. The summed E-state index contributed by atoms with van der Waals surface area (Å²) in [5.74, 6) is 2.37. The molecule has 160 valence electrons. The minimum Gasteiger partial charge on any atom is -0.457 e. The van der Waals surface area contributed by atoms with Gasteiger partial charge in [-0.25, -0.2) is 18.7 Å². The molecule has 0 bridgehead atoms. The Morgan fingerprint density at radius 1 is 1.30 bits per heavy atom. The lowest BCUT2D eigenvalue weighted by Crippen LogP contribution is -2.56. The number of hydrazone groups is 1. The van der Waals surface area contributed by atoms with Gasteiger partial charge in [-0.1, -0.05) is 11.6 Å². The molecule has 1 fully saturated rings. The van der Waals surface area contributed by atoms with Crippen LogP contribution in [0.2, 0.25) is 5.02 Å². The quantitative estimate of drug-likeness (QED) is 0.289. The molecule has 3 rings (SSSR count). The van der Waals surface area contributed by atoms with E-state index in [1.165, 1.54) is 41.7 Å². The molecule has 0 amide bonds. The summed E-state index contributed by atoms with van der Waals surface area (Å²) in [6, 6.07) is 4.04. The van der Waals surface area contributed by atoms with Gasteiger partial charge in [0.05, 0.1) is 48.1 Å². The van der Waals surface area contributed by atoms with Gasteiger partial charge in [0.1, 0.15) is 18.1 Å². The van der Waals surface area contributed by atoms with Crippen LogP contribution >= 0.6 is 11.6 Å². The van der Waals surface area contributed by atoms with Crippen molar-refractivity contribution in [1.82, 2.24) is 9.97 Å². The van der Waals surface area contributed by atoms with Crippen LogP contribution in [-0.2, 0) is 0 Å². The summed E-state index contributed by atoms with van der Waals surface area (Å²) in [5.41, 5.74) is 0.909. The third-order valence-corrected chi connectivity index (χ3v) is 4.14. The molecule has 0 spiro atoms. The molecule has 30 heavy (non-hydrogen) atoms. The summed E-state index contributed by atoms with van der Waals surface area (Å²) >= 11 is 5.78. The summed E-state index contributed by atoms with van der Waals surface area (Å²) in [4.78, 5) is 13.4. The molecule has 2 N–H and O–H groups in total. The second-order valence-electron chi connectivity index (χ2n) is 6.10. The van der Waals surface area contributed by atoms with Crippen LogP contribution in [0.1, 0.15) is 0 Å². The summed E-state index contributed by atoms with van der Waals surface area (Å²) in [5, 5.41) is 3.52. The monoisotopic (exact) mass is 446 g/mol. The number of hydrogen-bond acceptors (Lipinski definition) is 8. The van der Waals surface area contributed by atoms with Crippen LogP contribution in [0.25, 0.3) is 0 Å². The van der Waals surface area contributed by atoms with Crippen molar-refractivity contribution in [2.45, 2.75) is 12.5 Å². The number of hydrogen-bond donors (Lipinski definition) is 1. The first kappa shape index (κ1) is 21.6. The zero-order chi connectivity index (χ0) is 21.7. The molecule has 1 aromatic carbocycles. The molecule has 1 aliphatic rings. The molecule has 0 unspecified atom stereocenters. The SMILES string of the molecule is NN=C(C=Nc1ccc(Cl)c(OC(F)F)c1)COc1ncc(N2CC(F)(F)C2)cn1. The number of benzene rings is 1. The third kappa shape index (κ3) is 5.69. The number of nitrogens with two attached hydrogens (primary N) is 1. The first-order valence-corrected chi connectivity index (χ1v) is 8.76. The number of rotatable bonds is 8. The molecule has 1 aliphatic heterocycles. The van der Waals surface area contributed by atoms with Gasteiger partial charge in [-0.05, 0) is 12.1 Å². The lowest BCUT2D eigenvalue weighted by Gasteiger charge is -2.39. The number of aromatic nitrogens is 2. The fraction of sp³-hybridized carbons (Fsp3) is 0.294. The van der Waals surface area contributed by atoms with Crippen molar-refractivity contribution in [1.29, 1.82) is 0 Å². The summed E-state index contributed by atoms with van der Waals surface area (Å²) in [6.45, 7) is -3.94. The van der Waals surface area contributed by atoms with Crippen molar-refractivity contribution >= 4 is 34.9 Å². The lowest BCUT2D eigenvalue weighted by atomic mass is 10.1. The van der Waals surface area contributed by atoms with Gasteiger partial charge < -0.3 is 20.2 Å². The smallest absolute Gasteiger partial charge is 0.387 e. The maximum absolute atomic E-state index is 12.9. The molecular weight excluding hydrogens is 432 g/mol. The van der Waals surface area contributed by atoms with Crippen molar-refractivity contribution in [2.24, 2.45) is 15.9 Å². The standard InChI is InChI=1S/C17H15ClF4N6O2/c18-13-2-1-10(3-14(13)30-15(19)20)24-4-11(27-23)7-29-16-25-5-12(6-26-16)28-8-17(21,22)9-28/h1-6,15H,7-9,23H2. The van der Waals surface area contributed by atoms with E-state index in [0.717, 1.165) is 0 Å². The minimum atomic E-state index is -3.03. The maximum Gasteiger partial charge on any atom is 0.387 e. The van der Waals surface area contributed by atoms with Gasteiger partial charge >= 0.3 is 12.6 Å². The van der Waals surface area contributed by atoms with Crippen molar-refractivity contribution in [3.05, 3.63) is 35.6 Å². The Kier molecular flexibility index (Phi) is 6.55. The van der Waals surface area contributed by atoms with E-state index >= 15 is 0 Å². The highest BCUT2D eigenvalue weighted by Crippen LogP contribution is 2.31. The average Bonchev–Trinajstić information content (AvgIpc) is 2.68. The van der Waals surface area contributed by atoms with Crippen molar-refractivity contribution in [3.63, 3.8) is 0 Å². The van der Waals surface area contributed by atoms with E-state index in [4.69, 9.17) is 22.2 Å². The van der Waals surface area contributed by atoms with Crippen LogP contribution in [0, 0.1) is 0 Å². The van der Waals surface area contributed by atoms with E-state index in [9.17, 15) is 17.6 Å². The normalized spacial score (nSPS) is 16.1. The van der Waals surface area contributed by atoms with Crippen molar-refractivity contribution < 1.29 is 27.0 Å². The van der Waals surface area contributed by atoms with Crippen LogP contribution in [-0.4, -0.2) is 54.1 Å². The maximum atomic E-state index is 12.9. The van der Waals surface area contributed by atoms with E-state index in [1.54, 1.807) is 0 Å². The highest BCUT2D eigenvalue weighted by atomic mass is 35.5. The Labute approximate surface area is 173 Å².